The van der Waals surface area contributed by atoms with Crippen LogP contribution in [-0.4, -0.2) is 54.5 Å². The van der Waals surface area contributed by atoms with Crippen molar-refractivity contribution >= 4 is 0 Å². The van der Waals surface area contributed by atoms with Crippen molar-refractivity contribution in [2.24, 2.45) is 0 Å². The van der Waals surface area contributed by atoms with E-state index in [-0.39, 0.29) is 0 Å². The van der Waals surface area contributed by atoms with Gasteiger partial charge >= 0.3 is 47.9 Å². The molecule has 1 unspecified atom stereocenters. The second-order valence-electron chi connectivity index (χ2n) is 7.10. The molecule has 0 aliphatic rings. The number of hydrogen-bond donors (Lipinski definition) is 0. The Morgan fingerprint density at radius 3 is 1.31 bits per heavy atom. The lowest BCUT2D eigenvalue weighted by Crippen LogP contribution is -2.72. The van der Waals surface area contributed by atoms with Gasteiger partial charge in [0.15, 0.2) is 0 Å². The molecule has 0 bridgehead atoms. The van der Waals surface area contributed by atoms with E-state index in [0.29, 0.717) is 12.1 Å². The molecule has 0 aliphatic carbocycles. The quantitative estimate of drug-likeness (QED) is 0.258. The van der Waals surface area contributed by atoms with Gasteiger partial charge in [0.25, 0.3) is 0 Å². The van der Waals surface area contributed by atoms with Gasteiger partial charge in [-0.2, -0.15) is 79.0 Å². The fourth-order valence-electron chi connectivity index (χ4n) is 2.50. The number of rotatable bonds is 10. The largest absolute Gasteiger partial charge is 0.460 e. The molecule has 1 aromatic carbocycles. The maximum atomic E-state index is 14.1. The average Bonchev–Trinajstić information content (AvgIpc) is 2.69. The van der Waals surface area contributed by atoms with Crippen LogP contribution in [0.5, 0.6) is 0 Å². The monoisotopic (exact) mass is 572 g/mol. The van der Waals surface area contributed by atoms with Crippen molar-refractivity contribution in [2.45, 2.75) is 60.4 Å². The lowest BCUT2D eigenvalue weighted by atomic mass is 9.88. The van der Waals surface area contributed by atoms with E-state index >= 15 is 0 Å². The van der Waals surface area contributed by atoms with Gasteiger partial charge in [-0.25, -0.2) is 0 Å². The number of halogens is 18. The fourth-order valence-corrected chi connectivity index (χ4v) is 2.50. The third kappa shape index (κ3) is 5.44. The molecule has 0 aliphatic heterocycles. The van der Waals surface area contributed by atoms with Crippen LogP contribution in [0.4, 0.5) is 79.0 Å². The maximum Gasteiger partial charge on any atom is 0.460 e. The number of ether oxygens (including phenoxy) is 1. The van der Waals surface area contributed by atoms with Crippen molar-refractivity contribution in [1.82, 2.24) is 0 Å². The summed E-state index contributed by atoms with van der Waals surface area (Å²) in [5.74, 6) is -47.9. The van der Waals surface area contributed by atoms with Crippen molar-refractivity contribution in [3.8, 4) is 0 Å². The first-order chi connectivity index (χ1) is 15.7. The van der Waals surface area contributed by atoms with Crippen molar-refractivity contribution in [1.29, 1.82) is 0 Å². The molecule has 0 fully saturated rings. The summed E-state index contributed by atoms with van der Waals surface area (Å²) in [4.78, 5) is 0. The molecule has 1 aromatic rings. The van der Waals surface area contributed by atoms with Crippen molar-refractivity contribution in [3.63, 3.8) is 0 Å². The molecule has 0 saturated carbocycles. The molecule has 1 nitrogen and oxygen atoms in total. The van der Waals surface area contributed by atoms with Crippen LogP contribution in [0.1, 0.15) is 18.1 Å². The van der Waals surface area contributed by atoms with Crippen LogP contribution in [-0.2, 0) is 4.74 Å². The zero-order valence-electron chi connectivity index (χ0n) is 16.6. The van der Waals surface area contributed by atoms with E-state index in [9.17, 15) is 79.0 Å². The van der Waals surface area contributed by atoms with E-state index in [4.69, 9.17) is 0 Å². The molecule has 0 radical (unpaired) electrons. The predicted molar refractivity (Wildman–Crippen MR) is 81.5 cm³/mol. The molecule has 19 heteroatoms. The molecule has 0 spiro atoms. The Kier molecular flexibility index (Phi) is 8.29. The van der Waals surface area contributed by atoms with Crippen molar-refractivity contribution in [2.75, 3.05) is 6.61 Å². The first-order valence-electron chi connectivity index (χ1n) is 8.74. The minimum atomic E-state index is -8.49. The summed E-state index contributed by atoms with van der Waals surface area (Å²) in [6, 6.07) is 4.05. The van der Waals surface area contributed by atoms with E-state index in [1.165, 1.54) is 0 Å². The summed E-state index contributed by atoms with van der Waals surface area (Å²) in [5.41, 5.74) is -0.874. The first kappa shape index (κ1) is 31.9. The Morgan fingerprint density at radius 1 is 0.528 bits per heavy atom. The van der Waals surface area contributed by atoms with Crippen LogP contribution in [0.3, 0.4) is 0 Å². The van der Waals surface area contributed by atoms with Crippen LogP contribution in [0.15, 0.2) is 30.3 Å². The topological polar surface area (TPSA) is 9.23 Å². The maximum absolute atomic E-state index is 14.1. The average molecular weight is 572 g/mol. The fraction of sp³-hybridized carbons (Fsp3) is 0.647. The summed E-state index contributed by atoms with van der Waals surface area (Å²) in [7, 11) is 0. The standard InChI is InChI=1S/C17H10F18O/c18-10(19,6-9(36-7-11(20,21)22)8-4-2-1-3-5-8)12(23,24)13(25,26)14(27,28)15(29,30)16(31,32)17(33,34)35/h1-5,9H,6-7H2. The van der Waals surface area contributed by atoms with E-state index in [2.05, 4.69) is 4.74 Å². The molecule has 1 atom stereocenters. The highest BCUT2D eigenvalue weighted by Gasteiger charge is 2.93. The van der Waals surface area contributed by atoms with Gasteiger partial charge in [-0.1, -0.05) is 30.3 Å². The van der Waals surface area contributed by atoms with Gasteiger partial charge in [-0.05, 0) is 5.56 Å². The number of hydrogen-bond acceptors (Lipinski definition) is 1. The van der Waals surface area contributed by atoms with E-state index in [1.54, 1.807) is 0 Å². The minimum absolute atomic E-state index is 0.611. The van der Waals surface area contributed by atoms with Crippen LogP contribution < -0.4 is 0 Å². The van der Waals surface area contributed by atoms with E-state index in [1.807, 2.05) is 0 Å². The van der Waals surface area contributed by atoms with Crippen molar-refractivity contribution < 1.29 is 83.8 Å². The molecule has 0 saturated heterocycles. The van der Waals surface area contributed by atoms with Crippen LogP contribution >= 0.6 is 0 Å². The van der Waals surface area contributed by atoms with Gasteiger partial charge in [-0.15, -0.1) is 0 Å². The smallest absolute Gasteiger partial charge is 0.364 e. The predicted octanol–water partition coefficient (Wildman–Crippen LogP) is 8.07. The first-order valence-corrected chi connectivity index (χ1v) is 8.74. The summed E-state index contributed by atoms with van der Waals surface area (Å²) >= 11 is 0. The lowest BCUT2D eigenvalue weighted by molar-refractivity contribution is -0.453. The lowest BCUT2D eigenvalue weighted by Gasteiger charge is -2.42. The molecule has 0 amide bonds. The molecule has 0 aromatic heterocycles. The van der Waals surface area contributed by atoms with Crippen LogP contribution in [0.2, 0.25) is 0 Å². The zero-order chi connectivity index (χ0) is 28.8. The summed E-state index contributed by atoms with van der Waals surface area (Å²) in [6.07, 6.45) is -19.1. The second-order valence-corrected chi connectivity index (χ2v) is 7.10. The molecular formula is C17H10F18O. The third-order valence-corrected chi connectivity index (χ3v) is 4.45. The number of alkyl halides is 18. The molecule has 0 N–H and O–H groups in total. The van der Waals surface area contributed by atoms with Crippen LogP contribution in [0.25, 0.3) is 0 Å². The van der Waals surface area contributed by atoms with Crippen LogP contribution in [0, 0.1) is 0 Å². The highest BCUT2D eigenvalue weighted by atomic mass is 19.4. The second kappa shape index (κ2) is 9.34. The van der Waals surface area contributed by atoms with Gasteiger partial charge in [0.1, 0.15) is 6.61 Å². The molecular weight excluding hydrogens is 562 g/mol. The zero-order valence-corrected chi connectivity index (χ0v) is 16.6. The molecule has 1 rings (SSSR count). The highest BCUT2D eigenvalue weighted by Crippen LogP contribution is 2.63. The number of benzene rings is 1. The summed E-state index contributed by atoms with van der Waals surface area (Å²) in [5, 5.41) is 0. The highest BCUT2D eigenvalue weighted by molar-refractivity contribution is 5.19. The third-order valence-electron chi connectivity index (χ3n) is 4.45. The Morgan fingerprint density at radius 2 is 0.917 bits per heavy atom. The minimum Gasteiger partial charge on any atom is -0.364 e. The Hall–Kier alpha value is -2.08. The van der Waals surface area contributed by atoms with E-state index < -0.39 is 72.6 Å². The van der Waals surface area contributed by atoms with Gasteiger partial charge in [0.2, 0.25) is 0 Å². The summed E-state index contributed by atoms with van der Waals surface area (Å²) in [6.45, 7) is -2.50. The van der Waals surface area contributed by atoms with Gasteiger partial charge in [-0.3, -0.25) is 0 Å². The normalized spacial score (nSPS) is 16.3. The van der Waals surface area contributed by atoms with Gasteiger partial charge in [0, 0.05) is 6.42 Å². The Bertz CT molecular complexity index is 870. The molecule has 36 heavy (non-hydrogen) atoms. The summed E-state index contributed by atoms with van der Waals surface area (Å²) < 4.78 is 240. The Labute approximate surface area is 188 Å². The van der Waals surface area contributed by atoms with Gasteiger partial charge < -0.3 is 4.74 Å². The molecule has 0 heterocycles. The SMILES string of the molecule is FC(F)(F)COC(CC(F)(F)C(F)(F)C(F)(F)C(F)(F)C(F)(F)C(F)(F)C(F)(F)F)c1ccccc1. The van der Waals surface area contributed by atoms with Gasteiger partial charge in [0.05, 0.1) is 6.10 Å². The van der Waals surface area contributed by atoms with E-state index in [0.717, 1.165) is 18.2 Å². The molecule has 210 valence electrons. The Balaban J connectivity index is 3.52. The van der Waals surface area contributed by atoms with Crippen molar-refractivity contribution in [3.05, 3.63) is 35.9 Å².